The fourth-order valence-electron chi connectivity index (χ4n) is 1.41. The van der Waals surface area contributed by atoms with Crippen molar-refractivity contribution in [2.45, 2.75) is 0 Å². The normalized spacial score (nSPS) is 9.74. The van der Waals surface area contributed by atoms with E-state index in [-0.39, 0.29) is 5.88 Å². The second-order valence-corrected chi connectivity index (χ2v) is 3.55. The molecule has 0 aliphatic rings. The molecule has 2 rings (SSSR count). The van der Waals surface area contributed by atoms with Crippen LogP contribution in [-0.2, 0) is 0 Å². The maximum Gasteiger partial charge on any atom is 0.352 e. The highest BCUT2D eigenvalue weighted by Crippen LogP contribution is 2.17. The van der Waals surface area contributed by atoms with Crippen LogP contribution in [0.3, 0.4) is 0 Å². The van der Waals surface area contributed by atoms with Crippen molar-refractivity contribution in [2.24, 2.45) is 5.73 Å². The lowest BCUT2D eigenvalue weighted by atomic mass is 10.3. The third-order valence-electron chi connectivity index (χ3n) is 2.27. The lowest BCUT2D eigenvalue weighted by molar-refractivity contribution is 0.218. The Balaban J connectivity index is 2.24. The Bertz CT molecular complexity index is 561. The number of nitrogens with two attached hydrogens (primary N) is 1. The van der Waals surface area contributed by atoms with Gasteiger partial charge in [-0.1, -0.05) is 18.2 Å². The van der Waals surface area contributed by atoms with Crippen LogP contribution in [0.4, 0.5) is 16.3 Å². The van der Waals surface area contributed by atoms with E-state index in [1.165, 1.54) is 6.33 Å². The summed E-state index contributed by atoms with van der Waals surface area (Å²) in [5, 5.41) is 3.80. The van der Waals surface area contributed by atoms with Gasteiger partial charge in [-0.25, -0.2) is 9.78 Å². The van der Waals surface area contributed by atoms with Gasteiger partial charge in [0.1, 0.15) is 12.1 Å². The summed E-state index contributed by atoms with van der Waals surface area (Å²) in [6.45, 7) is 0. The number of nitrogens with one attached hydrogen (secondary N) is 1. The van der Waals surface area contributed by atoms with Gasteiger partial charge in [0.15, 0.2) is 0 Å². The van der Waals surface area contributed by atoms with Crippen LogP contribution in [0.25, 0.3) is 0 Å². The maximum absolute atomic E-state index is 11.4. The van der Waals surface area contributed by atoms with Crippen molar-refractivity contribution < 1.29 is 9.63 Å². The first-order valence-corrected chi connectivity index (χ1v) is 5.53. The highest BCUT2D eigenvalue weighted by atomic mass is 16.7. The van der Waals surface area contributed by atoms with E-state index in [1.54, 1.807) is 37.4 Å². The van der Waals surface area contributed by atoms with Gasteiger partial charge < -0.3 is 15.9 Å². The average molecular weight is 259 g/mol. The largest absolute Gasteiger partial charge is 0.373 e. The van der Waals surface area contributed by atoms with Gasteiger partial charge in [0.25, 0.3) is 5.88 Å². The van der Waals surface area contributed by atoms with E-state index in [0.29, 0.717) is 11.5 Å². The van der Waals surface area contributed by atoms with Crippen molar-refractivity contribution in [1.29, 1.82) is 0 Å². The zero-order valence-electron chi connectivity index (χ0n) is 10.3. The van der Waals surface area contributed by atoms with Gasteiger partial charge in [0.2, 0.25) is 0 Å². The summed E-state index contributed by atoms with van der Waals surface area (Å²) in [7, 11) is 1.72. The smallest absolute Gasteiger partial charge is 0.352 e. The molecule has 2 aromatic rings. The third-order valence-corrected chi connectivity index (χ3v) is 2.27. The molecule has 98 valence electrons. The Morgan fingerprint density at radius 1 is 1.32 bits per heavy atom. The van der Waals surface area contributed by atoms with E-state index < -0.39 is 6.03 Å². The van der Waals surface area contributed by atoms with Gasteiger partial charge in [0.05, 0.1) is 5.69 Å². The van der Waals surface area contributed by atoms with Gasteiger partial charge in [0, 0.05) is 13.1 Å². The van der Waals surface area contributed by atoms with Gasteiger partial charge in [-0.2, -0.15) is 4.98 Å². The summed E-state index contributed by atoms with van der Waals surface area (Å²) in [5.41, 5.74) is 5.80. The summed E-state index contributed by atoms with van der Waals surface area (Å²) in [5.74, 6) is 0.782. The molecule has 0 unspecified atom stereocenters. The number of benzene rings is 1. The van der Waals surface area contributed by atoms with Crippen LogP contribution < -0.4 is 21.0 Å². The molecule has 0 saturated carbocycles. The van der Waals surface area contributed by atoms with Gasteiger partial charge >= 0.3 is 6.03 Å². The van der Waals surface area contributed by atoms with Crippen LogP contribution in [0, 0.1) is 0 Å². The molecular formula is C12H13N5O2. The standard InChI is InChI=1S/C12H13N5O2/c1-14-10-7-11(16-8-15-10)19-17(12(13)18)9-5-3-2-4-6-9/h2-8H,1H3,(H2,13,18)(H,14,15,16). The van der Waals surface area contributed by atoms with Gasteiger partial charge in [-0.05, 0) is 12.1 Å². The van der Waals surface area contributed by atoms with Crippen LogP contribution >= 0.6 is 0 Å². The topological polar surface area (TPSA) is 93.4 Å². The molecule has 0 aliphatic heterocycles. The van der Waals surface area contributed by atoms with Crippen LogP contribution in [0.2, 0.25) is 0 Å². The number of anilines is 2. The summed E-state index contributed by atoms with van der Waals surface area (Å²) >= 11 is 0. The van der Waals surface area contributed by atoms with Crippen molar-refractivity contribution in [3.8, 4) is 5.88 Å². The molecule has 0 radical (unpaired) electrons. The van der Waals surface area contributed by atoms with Crippen molar-refractivity contribution in [2.75, 3.05) is 17.4 Å². The van der Waals surface area contributed by atoms with Crippen molar-refractivity contribution in [1.82, 2.24) is 9.97 Å². The Hall–Kier alpha value is -2.83. The van der Waals surface area contributed by atoms with Gasteiger partial charge in [-0.15, -0.1) is 5.06 Å². The number of aromatic nitrogens is 2. The Kier molecular flexibility index (Phi) is 3.77. The first-order valence-electron chi connectivity index (χ1n) is 5.53. The summed E-state index contributed by atoms with van der Waals surface area (Å²) < 4.78 is 0. The number of amides is 2. The number of para-hydroxylation sites is 1. The lowest BCUT2D eigenvalue weighted by Crippen LogP contribution is -2.38. The molecule has 0 saturated heterocycles. The minimum atomic E-state index is -0.740. The van der Waals surface area contributed by atoms with E-state index in [0.717, 1.165) is 5.06 Å². The first-order chi connectivity index (χ1) is 9.20. The Morgan fingerprint density at radius 2 is 2.05 bits per heavy atom. The number of hydroxylamine groups is 1. The highest BCUT2D eigenvalue weighted by Gasteiger charge is 2.15. The molecule has 0 fully saturated rings. The molecule has 2 amide bonds. The van der Waals surface area contributed by atoms with Crippen LogP contribution in [0.15, 0.2) is 42.7 Å². The van der Waals surface area contributed by atoms with Crippen molar-refractivity contribution in [3.05, 3.63) is 42.7 Å². The number of rotatable bonds is 4. The van der Waals surface area contributed by atoms with E-state index in [4.69, 9.17) is 10.6 Å². The van der Waals surface area contributed by atoms with E-state index in [1.807, 2.05) is 6.07 Å². The molecule has 1 heterocycles. The SMILES string of the molecule is CNc1cc(ON(C(N)=O)c2ccccc2)ncn1. The first kappa shape index (κ1) is 12.6. The molecule has 7 nitrogen and oxygen atoms in total. The lowest BCUT2D eigenvalue weighted by Gasteiger charge is -2.19. The molecule has 0 bridgehead atoms. The number of primary amides is 1. The quantitative estimate of drug-likeness (QED) is 0.809. The van der Waals surface area contributed by atoms with E-state index in [9.17, 15) is 4.79 Å². The highest BCUT2D eigenvalue weighted by molar-refractivity contribution is 5.88. The van der Waals surface area contributed by atoms with Crippen molar-refractivity contribution in [3.63, 3.8) is 0 Å². The number of nitrogens with zero attached hydrogens (tertiary/aromatic N) is 3. The second kappa shape index (κ2) is 5.67. The van der Waals surface area contributed by atoms with Crippen molar-refractivity contribution >= 4 is 17.5 Å². The van der Waals surface area contributed by atoms with Crippen LogP contribution in [-0.4, -0.2) is 23.0 Å². The van der Waals surface area contributed by atoms with E-state index in [2.05, 4.69) is 15.3 Å². The summed E-state index contributed by atoms with van der Waals surface area (Å²) in [6, 6.07) is 9.58. The average Bonchev–Trinajstić information content (AvgIpc) is 2.45. The monoisotopic (exact) mass is 259 g/mol. The second-order valence-electron chi connectivity index (χ2n) is 3.55. The number of carbonyl (C=O) groups is 1. The number of hydrogen-bond donors (Lipinski definition) is 2. The van der Waals surface area contributed by atoms with Gasteiger partial charge in [-0.3, -0.25) is 0 Å². The minimum Gasteiger partial charge on any atom is -0.373 e. The third kappa shape index (κ3) is 3.09. The molecule has 19 heavy (non-hydrogen) atoms. The molecule has 3 N–H and O–H groups in total. The molecule has 1 aromatic heterocycles. The van der Waals surface area contributed by atoms with Crippen LogP contribution in [0.1, 0.15) is 0 Å². The molecule has 0 aliphatic carbocycles. The predicted octanol–water partition coefficient (Wildman–Crippen LogP) is 1.40. The molecule has 7 heteroatoms. The molecule has 1 aromatic carbocycles. The molecule has 0 spiro atoms. The predicted molar refractivity (Wildman–Crippen MR) is 70.7 cm³/mol. The molecule has 0 atom stereocenters. The minimum absolute atomic E-state index is 0.210. The number of carbonyl (C=O) groups excluding carboxylic acids is 1. The zero-order chi connectivity index (χ0) is 13.7. The zero-order valence-corrected chi connectivity index (χ0v) is 10.3. The fraction of sp³-hybridized carbons (Fsp3) is 0.0833. The number of urea groups is 1. The summed E-state index contributed by atoms with van der Waals surface area (Å²) in [6.07, 6.45) is 1.32. The number of hydrogen-bond acceptors (Lipinski definition) is 5. The Morgan fingerprint density at radius 3 is 2.68 bits per heavy atom. The van der Waals surface area contributed by atoms with Crippen LogP contribution in [0.5, 0.6) is 5.88 Å². The maximum atomic E-state index is 11.4. The molecular weight excluding hydrogens is 246 g/mol. The Labute approximate surface area is 110 Å². The fourth-order valence-corrected chi connectivity index (χ4v) is 1.41. The summed E-state index contributed by atoms with van der Waals surface area (Å²) in [4.78, 5) is 24.7. The van der Waals surface area contributed by atoms with E-state index >= 15 is 0 Å².